The zero-order valence-electron chi connectivity index (χ0n) is 21.9. The third-order valence-electron chi connectivity index (χ3n) is 7.36. The van der Waals surface area contributed by atoms with Gasteiger partial charge in [0.1, 0.15) is 11.8 Å². The molecule has 0 aliphatic carbocycles. The predicted molar refractivity (Wildman–Crippen MR) is 149 cm³/mol. The van der Waals surface area contributed by atoms with Crippen molar-refractivity contribution in [2.24, 2.45) is 11.3 Å². The Morgan fingerprint density at radius 1 is 1.00 bits per heavy atom. The largest absolute Gasteiger partial charge is 0.508 e. The lowest BCUT2D eigenvalue weighted by Gasteiger charge is -2.45. The SMILES string of the molecule is CC(C)[C@@H](NC(=O)c1cccc(-c2ccc(O)cc2)c1)C(=O)N1CC[C@H](c2ccc(Cl)cc2)C(C)(C)C1. The number of nitrogens with zero attached hydrogens (tertiary/aromatic N) is 1. The summed E-state index contributed by atoms with van der Waals surface area (Å²) < 4.78 is 0. The fourth-order valence-corrected chi connectivity index (χ4v) is 5.41. The van der Waals surface area contributed by atoms with Gasteiger partial charge in [0.15, 0.2) is 0 Å². The predicted octanol–water partition coefficient (Wildman–Crippen LogP) is 6.51. The number of rotatable bonds is 6. The summed E-state index contributed by atoms with van der Waals surface area (Å²) >= 11 is 6.09. The van der Waals surface area contributed by atoms with Crippen LogP contribution in [0.1, 0.15) is 56.0 Å². The van der Waals surface area contributed by atoms with E-state index in [-0.39, 0.29) is 28.9 Å². The van der Waals surface area contributed by atoms with E-state index in [1.54, 1.807) is 18.2 Å². The molecule has 1 aliphatic rings. The van der Waals surface area contributed by atoms with Gasteiger partial charge in [-0.2, -0.15) is 0 Å². The number of nitrogens with one attached hydrogen (secondary N) is 1. The molecule has 0 radical (unpaired) electrons. The average Bonchev–Trinajstić information content (AvgIpc) is 2.87. The normalized spacial score (nSPS) is 17.9. The summed E-state index contributed by atoms with van der Waals surface area (Å²) in [6, 6.07) is 21.5. The molecule has 0 bridgehead atoms. The van der Waals surface area contributed by atoms with Crippen molar-refractivity contribution in [3.8, 4) is 16.9 Å². The number of piperidine rings is 1. The summed E-state index contributed by atoms with van der Waals surface area (Å²) in [6.07, 6.45) is 0.855. The fourth-order valence-electron chi connectivity index (χ4n) is 5.29. The van der Waals surface area contributed by atoms with E-state index in [9.17, 15) is 14.7 Å². The van der Waals surface area contributed by atoms with Gasteiger partial charge >= 0.3 is 0 Å². The Morgan fingerprint density at radius 3 is 2.30 bits per heavy atom. The summed E-state index contributed by atoms with van der Waals surface area (Å²) in [5.74, 6) is 0.136. The molecule has 37 heavy (non-hydrogen) atoms. The van der Waals surface area contributed by atoms with Gasteiger partial charge in [0.2, 0.25) is 5.91 Å². The molecule has 3 aromatic rings. The molecule has 1 aliphatic heterocycles. The number of hydrogen-bond acceptors (Lipinski definition) is 3. The summed E-state index contributed by atoms with van der Waals surface area (Å²) in [5.41, 5.74) is 3.38. The van der Waals surface area contributed by atoms with Crippen molar-refractivity contribution in [1.82, 2.24) is 10.2 Å². The summed E-state index contributed by atoms with van der Waals surface area (Å²) in [6.45, 7) is 9.58. The molecule has 4 rings (SSSR count). The minimum atomic E-state index is -0.618. The fraction of sp³-hybridized carbons (Fsp3) is 0.355. The molecule has 194 valence electrons. The average molecular weight is 519 g/mol. The molecule has 0 unspecified atom stereocenters. The third-order valence-corrected chi connectivity index (χ3v) is 7.61. The molecule has 5 nitrogen and oxygen atoms in total. The number of amides is 2. The number of phenolic OH excluding ortho intramolecular Hbond substituents is 1. The first-order valence-electron chi connectivity index (χ1n) is 12.8. The summed E-state index contributed by atoms with van der Waals surface area (Å²) in [4.78, 5) is 28.8. The molecule has 2 atom stereocenters. The number of benzene rings is 3. The highest BCUT2D eigenvalue weighted by Crippen LogP contribution is 2.42. The van der Waals surface area contributed by atoms with Gasteiger partial charge in [0.25, 0.3) is 5.91 Å². The van der Waals surface area contributed by atoms with Gasteiger partial charge in [-0.3, -0.25) is 9.59 Å². The van der Waals surface area contributed by atoms with Crippen LogP contribution < -0.4 is 5.32 Å². The Balaban J connectivity index is 1.47. The van der Waals surface area contributed by atoms with Crippen molar-refractivity contribution in [2.45, 2.75) is 46.1 Å². The van der Waals surface area contributed by atoms with Crippen molar-refractivity contribution in [2.75, 3.05) is 13.1 Å². The van der Waals surface area contributed by atoms with Gasteiger partial charge in [-0.1, -0.05) is 75.7 Å². The third kappa shape index (κ3) is 6.16. The van der Waals surface area contributed by atoms with Crippen LogP contribution in [-0.2, 0) is 4.79 Å². The van der Waals surface area contributed by atoms with Crippen LogP contribution in [0.3, 0.4) is 0 Å². The van der Waals surface area contributed by atoms with E-state index in [0.717, 1.165) is 22.6 Å². The molecular formula is C31H35ClN2O3. The number of likely N-dealkylation sites (tertiary alicyclic amines) is 1. The molecule has 0 saturated carbocycles. The first-order chi connectivity index (χ1) is 17.5. The second-order valence-electron chi connectivity index (χ2n) is 11.0. The Hall–Kier alpha value is -3.31. The molecule has 3 aromatic carbocycles. The highest BCUT2D eigenvalue weighted by Gasteiger charge is 2.40. The van der Waals surface area contributed by atoms with E-state index in [1.807, 2.05) is 61.2 Å². The van der Waals surface area contributed by atoms with Crippen molar-refractivity contribution < 1.29 is 14.7 Å². The van der Waals surface area contributed by atoms with Gasteiger partial charge in [0.05, 0.1) is 0 Å². The second-order valence-corrected chi connectivity index (χ2v) is 11.4. The Bertz CT molecular complexity index is 1250. The van der Waals surface area contributed by atoms with Gasteiger partial charge < -0.3 is 15.3 Å². The van der Waals surface area contributed by atoms with E-state index in [4.69, 9.17) is 11.6 Å². The summed E-state index contributed by atoms with van der Waals surface area (Å²) in [5, 5.41) is 13.3. The van der Waals surface area contributed by atoms with Crippen LogP contribution in [0.2, 0.25) is 5.02 Å². The smallest absolute Gasteiger partial charge is 0.251 e. The zero-order chi connectivity index (χ0) is 26.7. The molecule has 1 heterocycles. The number of halogens is 1. The standard InChI is InChI=1S/C31H35ClN2O3/c1-20(2)28(33-29(36)24-7-5-6-23(18-24)21-10-14-26(35)15-11-21)30(37)34-17-16-27(31(3,4)19-34)22-8-12-25(32)13-9-22/h5-15,18,20,27-28,35H,16-17,19H2,1-4H3,(H,33,36)/t27-,28-/m1/s1. The van der Waals surface area contributed by atoms with Crippen LogP contribution in [0.25, 0.3) is 11.1 Å². The van der Waals surface area contributed by atoms with E-state index in [2.05, 4.69) is 31.3 Å². The molecular weight excluding hydrogens is 484 g/mol. The highest BCUT2D eigenvalue weighted by molar-refractivity contribution is 6.30. The van der Waals surface area contributed by atoms with Gasteiger partial charge in [-0.15, -0.1) is 0 Å². The number of hydrogen-bond donors (Lipinski definition) is 2. The topological polar surface area (TPSA) is 69.6 Å². The van der Waals surface area contributed by atoms with Crippen LogP contribution in [0, 0.1) is 11.3 Å². The van der Waals surface area contributed by atoms with Crippen LogP contribution in [0.15, 0.2) is 72.8 Å². The number of aromatic hydroxyl groups is 1. The van der Waals surface area contributed by atoms with Gasteiger partial charge in [0, 0.05) is 23.7 Å². The van der Waals surface area contributed by atoms with Gasteiger partial charge in [-0.25, -0.2) is 0 Å². The van der Waals surface area contributed by atoms with Gasteiger partial charge in [-0.05, 0) is 76.8 Å². The van der Waals surface area contributed by atoms with Crippen molar-refractivity contribution in [3.63, 3.8) is 0 Å². The van der Waals surface area contributed by atoms with Crippen LogP contribution >= 0.6 is 11.6 Å². The molecule has 0 spiro atoms. The van der Waals surface area contributed by atoms with Crippen LogP contribution in [-0.4, -0.2) is 41.0 Å². The van der Waals surface area contributed by atoms with E-state index >= 15 is 0 Å². The Labute approximate surface area is 224 Å². The minimum Gasteiger partial charge on any atom is -0.508 e. The Kier molecular flexibility index (Phi) is 7.93. The maximum absolute atomic E-state index is 13.7. The molecule has 0 aromatic heterocycles. The molecule has 1 saturated heterocycles. The molecule has 1 fully saturated rings. The van der Waals surface area contributed by atoms with Crippen molar-refractivity contribution in [3.05, 3.63) is 88.9 Å². The first kappa shape index (κ1) is 26.7. The molecule has 2 amide bonds. The van der Waals surface area contributed by atoms with E-state index < -0.39 is 6.04 Å². The highest BCUT2D eigenvalue weighted by atomic mass is 35.5. The number of phenols is 1. The number of carbonyl (C=O) groups is 2. The minimum absolute atomic E-state index is 0.0410. The lowest BCUT2D eigenvalue weighted by Crippen LogP contribution is -2.55. The van der Waals surface area contributed by atoms with Crippen molar-refractivity contribution >= 4 is 23.4 Å². The van der Waals surface area contributed by atoms with Crippen LogP contribution in [0.4, 0.5) is 0 Å². The lowest BCUT2D eigenvalue weighted by molar-refractivity contribution is -0.137. The van der Waals surface area contributed by atoms with E-state index in [1.165, 1.54) is 5.56 Å². The lowest BCUT2D eigenvalue weighted by atomic mass is 9.70. The number of carbonyl (C=O) groups excluding carboxylic acids is 2. The quantitative estimate of drug-likeness (QED) is 0.391. The van der Waals surface area contributed by atoms with E-state index in [0.29, 0.717) is 24.6 Å². The monoisotopic (exact) mass is 518 g/mol. The first-order valence-corrected chi connectivity index (χ1v) is 13.2. The maximum atomic E-state index is 13.7. The maximum Gasteiger partial charge on any atom is 0.251 e. The molecule has 6 heteroatoms. The zero-order valence-corrected chi connectivity index (χ0v) is 22.6. The van der Waals surface area contributed by atoms with Crippen molar-refractivity contribution in [1.29, 1.82) is 0 Å². The Morgan fingerprint density at radius 2 is 1.68 bits per heavy atom. The second kappa shape index (κ2) is 11.0. The molecule has 2 N–H and O–H groups in total. The van der Waals surface area contributed by atoms with Crippen LogP contribution in [0.5, 0.6) is 5.75 Å². The summed E-state index contributed by atoms with van der Waals surface area (Å²) in [7, 11) is 0.